The number of morpholine rings is 1. The molecule has 1 aromatic carbocycles. The van der Waals surface area contributed by atoms with Gasteiger partial charge in [-0.25, -0.2) is 0 Å². The van der Waals surface area contributed by atoms with Crippen LogP contribution in [0, 0.1) is 11.3 Å². The number of nitrogens with zero attached hydrogens (tertiary/aromatic N) is 2. The average Bonchev–Trinajstić information content (AvgIpc) is 2.67. The Labute approximate surface area is 150 Å². The van der Waals surface area contributed by atoms with E-state index in [9.17, 15) is 10.1 Å². The van der Waals surface area contributed by atoms with Crippen molar-refractivity contribution in [3.05, 3.63) is 29.3 Å². The van der Waals surface area contributed by atoms with Crippen molar-refractivity contribution in [1.29, 1.82) is 5.26 Å². The summed E-state index contributed by atoms with van der Waals surface area (Å²) in [5.74, 6) is 0.0214. The van der Waals surface area contributed by atoms with E-state index in [1.54, 1.807) is 19.1 Å². The van der Waals surface area contributed by atoms with E-state index in [1.807, 2.05) is 6.07 Å². The Bertz CT molecular complexity index is 653. The van der Waals surface area contributed by atoms with Crippen LogP contribution in [0.3, 0.4) is 0 Å². The number of hydrogen-bond acceptors (Lipinski definition) is 5. The Morgan fingerprint density at radius 2 is 2.00 bits per heavy atom. The second-order valence-corrected chi connectivity index (χ2v) is 7.17. The molecule has 0 bridgehead atoms. The Morgan fingerprint density at radius 1 is 1.28 bits per heavy atom. The summed E-state index contributed by atoms with van der Waals surface area (Å²) in [5.41, 5.74) is 2.14. The van der Waals surface area contributed by atoms with Crippen LogP contribution in [0.1, 0.15) is 54.9 Å². The topological polar surface area (TPSA) is 65.4 Å². The van der Waals surface area contributed by atoms with Crippen molar-refractivity contribution in [1.82, 2.24) is 4.90 Å². The Balaban J connectivity index is 1.80. The molecule has 134 valence electrons. The first kappa shape index (κ1) is 17.9. The summed E-state index contributed by atoms with van der Waals surface area (Å²) in [6, 6.07) is 7.51. The van der Waals surface area contributed by atoms with Gasteiger partial charge in [0.2, 0.25) is 0 Å². The highest BCUT2D eigenvalue weighted by Crippen LogP contribution is 2.35. The monoisotopic (exact) mass is 341 g/mol. The number of ketones is 1. The van der Waals surface area contributed by atoms with E-state index in [0.717, 1.165) is 38.5 Å². The Hall–Kier alpha value is -1.90. The number of hydrogen-bond donors (Lipinski definition) is 1. The fourth-order valence-electron chi connectivity index (χ4n) is 4.12. The van der Waals surface area contributed by atoms with Gasteiger partial charge in [0.25, 0.3) is 0 Å². The molecule has 0 amide bonds. The van der Waals surface area contributed by atoms with Gasteiger partial charge in [0.15, 0.2) is 5.78 Å². The summed E-state index contributed by atoms with van der Waals surface area (Å²) in [7, 11) is 0. The summed E-state index contributed by atoms with van der Waals surface area (Å²) in [4.78, 5) is 14.3. The second-order valence-electron chi connectivity index (χ2n) is 7.17. The molecule has 1 aliphatic heterocycles. The molecule has 1 saturated carbocycles. The number of benzene rings is 1. The third kappa shape index (κ3) is 4.02. The lowest BCUT2D eigenvalue weighted by Crippen LogP contribution is -2.58. The third-order valence-corrected chi connectivity index (χ3v) is 5.62. The van der Waals surface area contributed by atoms with Gasteiger partial charge in [0.05, 0.1) is 24.5 Å². The highest BCUT2D eigenvalue weighted by Gasteiger charge is 2.38. The van der Waals surface area contributed by atoms with Gasteiger partial charge < -0.3 is 10.1 Å². The van der Waals surface area contributed by atoms with E-state index in [1.165, 1.54) is 32.1 Å². The van der Waals surface area contributed by atoms with E-state index in [0.29, 0.717) is 11.1 Å². The zero-order valence-corrected chi connectivity index (χ0v) is 15.0. The standard InChI is InChI=1S/C20H27N3O2/c1-16(24)17-5-6-18(14-21)19(13-17)22-15-20(7-3-2-4-8-20)23-9-11-25-12-10-23/h5-6,13,22H,2-4,7-12,15H2,1H3. The van der Waals surface area contributed by atoms with E-state index < -0.39 is 0 Å². The SMILES string of the molecule is CC(=O)c1ccc(C#N)c(NCC2(N3CCOCC3)CCCCC2)c1. The molecule has 25 heavy (non-hydrogen) atoms. The van der Waals surface area contributed by atoms with Crippen LogP contribution in [-0.2, 0) is 4.74 Å². The number of ether oxygens (including phenoxy) is 1. The fraction of sp³-hybridized carbons (Fsp3) is 0.600. The van der Waals surface area contributed by atoms with Crippen LogP contribution < -0.4 is 5.32 Å². The highest BCUT2D eigenvalue weighted by molar-refractivity contribution is 5.95. The number of Topliss-reactive ketones (excluding diaryl/α,β-unsaturated/α-hetero) is 1. The van der Waals surface area contributed by atoms with Crippen LogP contribution in [0.2, 0.25) is 0 Å². The number of carbonyl (C=O) groups excluding carboxylic acids is 1. The lowest BCUT2D eigenvalue weighted by atomic mass is 9.79. The zero-order chi connectivity index (χ0) is 17.7. The van der Waals surface area contributed by atoms with Gasteiger partial charge in [0, 0.05) is 30.7 Å². The minimum atomic E-state index is 0.0214. The van der Waals surface area contributed by atoms with Crippen molar-refractivity contribution in [3.63, 3.8) is 0 Å². The molecule has 0 aromatic heterocycles. The summed E-state index contributed by atoms with van der Waals surface area (Å²) in [6.45, 7) is 5.90. The molecule has 0 spiro atoms. The molecule has 1 aliphatic carbocycles. The lowest BCUT2D eigenvalue weighted by Gasteiger charge is -2.48. The molecule has 5 nitrogen and oxygen atoms in total. The second kappa shape index (κ2) is 7.99. The van der Waals surface area contributed by atoms with Gasteiger partial charge in [-0.05, 0) is 38.0 Å². The summed E-state index contributed by atoms with van der Waals surface area (Å²) < 4.78 is 5.53. The smallest absolute Gasteiger partial charge is 0.159 e. The normalized spacial score (nSPS) is 20.6. The maximum Gasteiger partial charge on any atom is 0.159 e. The molecular formula is C20H27N3O2. The fourth-order valence-corrected chi connectivity index (χ4v) is 4.12. The number of nitriles is 1. The number of nitrogens with one attached hydrogen (secondary N) is 1. The van der Waals surface area contributed by atoms with Gasteiger partial charge in [-0.1, -0.05) is 19.3 Å². The minimum absolute atomic E-state index is 0.0214. The lowest BCUT2D eigenvalue weighted by molar-refractivity contribution is -0.0318. The summed E-state index contributed by atoms with van der Waals surface area (Å²) in [6.07, 6.45) is 6.15. The van der Waals surface area contributed by atoms with Gasteiger partial charge >= 0.3 is 0 Å². The first-order valence-electron chi connectivity index (χ1n) is 9.26. The Morgan fingerprint density at radius 3 is 2.64 bits per heavy atom. The highest BCUT2D eigenvalue weighted by atomic mass is 16.5. The first-order valence-corrected chi connectivity index (χ1v) is 9.26. The molecular weight excluding hydrogens is 314 g/mol. The van der Waals surface area contributed by atoms with Crippen molar-refractivity contribution in [3.8, 4) is 6.07 Å². The van der Waals surface area contributed by atoms with E-state index in [2.05, 4.69) is 16.3 Å². The van der Waals surface area contributed by atoms with Crippen molar-refractivity contribution in [2.24, 2.45) is 0 Å². The predicted octanol–water partition coefficient (Wildman–Crippen LogP) is 3.21. The van der Waals surface area contributed by atoms with Crippen molar-refractivity contribution >= 4 is 11.5 Å². The molecule has 3 rings (SSSR count). The summed E-state index contributed by atoms with van der Waals surface area (Å²) >= 11 is 0. The first-order chi connectivity index (χ1) is 12.1. The number of anilines is 1. The molecule has 5 heteroatoms. The minimum Gasteiger partial charge on any atom is -0.382 e. The van der Waals surface area contributed by atoms with Gasteiger partial charge in [0.1, 0.15) is 6.07 Å². The zero-order valence-electron chi connectivity index (χ0n) is 15.0. The van der Waals surface area contributed by atoms with Crippen LogP contribution in [0.25, 0.3) is 0 Å². The maximum atomic E-state index is 11.7. The van der Waals surface area contributed by atoms with Gasteiger partial charge in [-0.15, -0.1) is 0 Å². The molecule has 1 N–H and O–H groups in total. The predicted molar refractivity (Wildman–Crippen MR) is 97.9 cm³/mol. The van der Waals surface area contributed by atoms with E-state index in [-0.39, 0.29) is 11.3 Å². The molecule has 0 radical (unpaired) electrons. The summed E-state index contributed by atoms with van der Waals surface area (Å²) in [5, 5.41) is 12.9. The van der Waals surface area contributed by atoms with Crippen molar-refractivity contribution < 1.29 is 9.53 Å². The van der Waals surface area contributed by atoms with E-state index >= 15 is 0 Å². The largest absolute Gasteiger partial charge is 0.382 e. The van der Waals surface area contributed by atoms with Crippen LogP contribution in [0.5, 0.6) is 0 Å². The molecule has 1 aromatic rings. The number of carbonyl (C=O) groups is 1. The van der Waals surface area contributed by atoms with Crippen LogP contribution >= 0.6 is 0 Å². The number of rotatable bonds is 5. The molecule has 0 atom stereocenters. The molecule has 0 unspecified atom stereocenters. The van der Waals surface area contributed by atoms with Gasteiger partial charge in [-0.3, -0.25) is 9.69 Å². The maximum absolute atomic E-state index is 11.7. The van der Waals surface area contributed by atoms with E-state index in [4.69, 9.17) is 4.74 Å². The molecule has 2 fully saturated rings. The van der Waals surface area contributed by atoms with Gasteiger partial charge in [-0.2, -0.15) is 5.26 Å². The third-order valence-electron chi connectivity index (χ3n) is 5.62. The van der Waals surface area contributed by atoms with Crippen LogP contribution in [-0.4, -0.2) is 49.1 Å². The van der Waals surface area contributed by atoms with Crippen LogP contribution in [0.4, 0.5) is 5.69 Å². The Kier molecular flexibility index (Phi) is 5.72. The quantitative estimate of drug-likeness (QED) is 0.833. The molecule has 2 aliphatic rings. The molecule has 1 heterocycles. The van der Waals surface area contributed by atoms with Crippen molar-refractivity contribution in [2.75, 3.05) is 38.2 Å². The van der Waals surface area contributed by atoms with Crippen LogP contribution in [0.15, 0.2) is 18.2 Å². The van der Waals surface area contributed by atoms with Crippen molar-refractivity contribution in [2.45, 2.75) is 44.6 Å². The molecule has 1 saturated heterocycles. The average molecular weight is 341 g/mol.